The molecule has 2 rings (SSSR count). The van der Waals surface area contributed by atoms with Crippen molar-refractivity contribution in [3.63, 3.8) is 0 Å². The minimum absolute atomic E-state index is 0. The molecule has 22 heavy (non-hydrogen) atoms. The number of likely N-dealkylation sites (N-methyl/N-ethyl adjacent to an activating group) is 1. The van der Waals surface area contributed by atoms with Crippen molar-refractivity contribution in [2.75, 3.05) is 26.7 Å². The van der Waals surface area contributed by atoms with Crippen LogP contribution in [0.1, 0.15) is 18.4 Å². The van der Waals surface area contributed by atoms with Crippen molar-refractivity contribution < 1.29 is 9.59 Å². The summed E-state index contributed by atoms with van der Waals surface area (Å²) < 4.78 is 0. The summed E-state index contributed by atoms with van der Waals surface area (Å²) in [5, 5.41) is 5.98. The largest absolute Gasteiger partial charge is 0.347 e. The number of nitrogens with zero attached hydrogens (tertiary/aromatic N) is 1. The minimum atomic E-state index is -0.117. The number of amides is 2. The Balaban J connectivity index is 0.00000242. The third-order valence-electron chi connectivity index (χ3n) is 3.89. The number of hydrogen-bond donors (Lipinski definition) is 2. The van der Waals surface area contributed by atoms with Crippen LogP contribution in [0, 0.1) is 0 Å². The van der Waals surface area contributed by atoms with Crippen molar-refractivity contribution in [1.82, 2.24) is 15.5 Å². The Labute approximate surface area is 137 Å². The van der Waals surface area contributed by atoms with Crippen LogP contribution in [0.2, 0.25) is 0 Å². The molecule has 0 atom stereocenters. The molecule has 0 bridgehead atoms. The third kappa shape index (κ3) is 5.66. The summed E-state index contributed by atoms with van der Waals surface area (Å²) >= 11 is 0. The molecule has 5 nitrogen and oxygen atoms in total. The van der Waals surface area contributed by atoms with E-state index >= 15 is 0 Å². The molecule has 1 aromatic carbocycles. The van der Waals surface area contributed by atoms with Crippen molar-refractivity contribution in [3.05, 3.63) is 35.9 Å². The van der Waals surface area contributed by atoms with Gasteiger partial charge in [-0.3, -0.25) is 9.59 Å². The van der Waals surface area contributed by atoms with Gasteiger partial charge in [0.25, 0.3) is 0 Å². The maximum atomic E-state index is 12.1. The standard InChI is InChI=1S/C16H23N3O2.ClH/c1-19(14-7-9-17-10-8-14)16(21)12-18-15(20)11-13-5-3-2-4-6-13;/h2-6,14,17H,7-12H2,1H3,(H,18,20);1H. The van der Waals surface area contributed by atoms with Crippen LogP contribution in [0.15, 0.2) is 30.3 Å². The van der Waals surface area contributed by atoms with Gasteiger partial charge in [-0.15, -0.1) is 12.4 Å². The number of carbonyl (C=O) groups is 2. The van der Waals surface area contributed by atoms with Gasteiger partial charge in [-0.05, 0) is 31.5 Å². The molecule has 0 spiro atoms. The molecule has 2 amide bonds. The van der Waals surface area contributed by atoms with E-state index in [9.17, 15) is 9.59 Å². The molecule has 1 fully saturated rings. The summed E-state index contributed by atoms with van der Waals surface area (Å²) in [6.45, 7) is 1.97. The molecule has 2 N–H and O–H groups in total. The molecule has 1 aliphatic rings. The fourth-order valence-electron chi connectivity index (χ4n) is 2.54. The smallest absolute Gasteiger partial charge is 0.241 e. The highest BCUT2D eigenvalue weighted by Gasteiger charge is 2.21. The third-order valence-corrected chi connectivity index (χ3v) is 3.89. The van der Waals surface area contributed by atoms with Gasteiger partial charge in [-0.2, -0.15) is 0 Å². The SMILES string of the molecule is CN(C(=O)CNC(=O)Cc1ccccc1)C1CCNCC1.Cl. The Morgan fingerprint density at radius 1 is 1.23 bits per heavy atom. The predicted molar refractivity (Wildman–Crippen MR) is 89.1 cm³/mol. The van der Waals surface area contributed by atoms with E-state index in [1.54, 1.807) is 4.90 Å². The second kappa shape index (κ2) is 9.43. The van der Waals surface area contributed by atoms with Gasteiger partial charge >= 0.3 is 0 Å². The van der Waals surface area contributed by atoms with E-state index in [-0.39, 0.29) is 36.8 Å². The van der Waals surface area contributed by atoms with Gasteiger partial charge in [0.15, 0.2) is 0 Å². The Bertz CT molecular complexity index is 476. The van der Waals surface area contributed by atoms with Crippen molar-refractivity contribution in [1.29, 1.82) is 0 Å². The van der Waals surface area contributed by atoms with E-state index in [1.165, 1.54) is 0 Å². The monoisotopic (exact) mass is 325 g/mol. The lowest BCUT2D eigenvalue weighted by molar-refractivity contribution is -0.133. The van der Waals surface area contributed by atoms with Gasteiger partial charge in [0.1, 0.15) is 0 Å². The van der Waals surface area contributed by atoms with Crippen molar-refractivity contribution in [2.45, 2.75) is 25.3 Å². The van der Waals surface area contributed by atoms with Crippen LogP contribution in [0.25, 0.3) is 0 Å². The summed E-state index contributed by atoms with van der Waals surface area (Å²) in [6, 6.07) is 9.81. The fraction of sp³-hybridized carbons (Fsp3) is 0.500. The number of halogens is 1. The maximum Gasteiger partial charge on any atom is 0.241 e. The van der Waals surface area contributed by atoms with Gasteiger partial charge in [0.05, 0.1) is 13.0 Å². The zero-order chi connectivity index (χ0) is 15.1. The number of nitrogens with one attached hydrogen (secondary N) is 2. The second-order valence-electron chi connectivity index (χ2n) is 5.42. The van der Waals surface area contributed by atoms with Crippen molar-refractivity contribution in [3.8, 4) is 0 Å². The average Bonchev–Trinajstić information content (AvgIpc) is 2.53. The maximum absolute atomic E-state index is 12.1. The first-order chi connectivity index (χ1) is 10.2. The molecule has 0 saturated carbocycles. The van der Waals surface area contributed by atoms with Gasteiger partial charge in [0.2, 0.25) is 11.8 Å². The normalized spacial score (nSPS) is 14.8. The quantitative estimate of drug-likeness (QED) is 0.848. The van der Waals surface area contributed by atoms with Crippen LogP contribution in [-0.4, -0.2) is 49.4 Å². The zero-order valence-electron chi connectivity index (χ0n) is 12.9. The van der Waals surface area contributed by atoms with Gasteiger partial charge in [0, 0.05) is 13.1 Å². The number of carbonyl (C=O) groups excluding carboxylic acids is 2. The molecule has 1 aliphatic heterocycles. The second-order valence-corrected chi connectivity index (χ2v) is 5.42. The number of piperidine rings is 1. The zero-order valence-corrected chi connectivity index (χ0v) is 13.7. The van der Waals surface area contributed by atoms with E-state index in [0.29, 0.717) is 6.42 Å². The summed E-state index contributed by atoms with van der Waals surface area (Å²) in [4.78, 5) is 25.7. The Morgan fingerprint density at radius 2 is 1.86 bits per heavy atom. The van der Waals surface area contributed by atoms with E-state index < -0.39 is 0 Å². The molecule has 1 saturated heterocycles. The Hall–Kier alpha value is -1.59. The first kappa shape index (κ1) is 18.5. The summed E-state index contributed by atoms with van der Waals surface area (Å²) in [5.74, 6) is -0.142. The molecule has 0 radical (unpaired) electrons. The molecule has 1 heterocycles. The summed E-state index contributed by atoms with van der Waals surface area (Å²) in [5.41, 5.74) is 0.953. The lowest BCUT2D eigenvalue weighted by Gasteiger charge is -2.31. The van der Waals surface area contributed by atoms with Crippen LogP contribution < -0.4 is 10.6 Å². The first-order valence-corrected chi connectivity index (χ1v) is 7.44. The highest BCUT2D eigenvalue weighted by Crippen LogP contribution is 2.09. The van der Waals surface area contributed by atoms with E-state index in [4.69, 9.17) is 0 Å². The molecule has 0 unspecified atom stereocenters. The highest BCUT2D eigenvalue weighted by molar-refractivity contribution is 5.86. The Kier molecular flexibility index (Phi) is 7.91. The Morgan fingerprint density at radius 3 is 2.50 bits per heavy atom. The molecular formula is C16H24ClN3O2. The fourth-order valence-corrected chi connectivity index (χ4v) is 2.54. The van der Waals surface area contributed by atoms with Crippen LogP contribution >= 0.6 is 12.4 Å². The highest BCUT2D eigenvalue weighted by atomic mass is 35.5. The van der Waals surface area contributed by atoms with Gasteiger partial charge < -0.3 is 15.5 Å². The molecular weight excluding hydrogens is 302 g/mol. The molecule has 1 aromatic rings. The molecule has 0 aromatic heterocycles. The number of benzene rings is 1. The topological polar surface area (TPSA) is 61.4 Å². The van der Waals surface area contributed by atoms with Crippen LogP contribution in [0.3, 0.4) is 0 Å². The van der Waals surface area contributed by atoms with E-state index in [1.807, 2.05) is 37.4 Å². The predicted octanol–water partition coefficient (Wildman–Crippen LogP) is 0.977. The van der Waals surface area contributed by atoms with Crippen LogP contribution in [0.4, 0.5) is 0 Å². The van der Waals surface area contributed by atoms with E-state index in [0.717, 1.165) is 31.5 Å². The molecule has 0 aliphatic carbocycles. The minimum Gasteiger partial charge on any atom is -0.347 e. The molecule has 122 valence electrons. The lowest BCUT2D eigenvalue weighted by Crippen LogP contribution is -2.47. The molecule has 6 heteroatoms. The summed E-state index contributed by atoms with van der Waals surface area (Å²) in [6.07, 6.45) is 2.26. The lowest BCUT2D eigenvalue weighted by atomic mass is 10.1. The number of hydrogen-bond acceptors (Lipinski definition) is 3. The van der Waals surface area contributed by atoms with E-state index in [2.05, 4.69) is 10.6 Å². The average molecular weight is 326 g/mol. The van der Waals surface area contributed by atoms with Crippen molar-refractivity contribution in [2.24, 2.45) is 0 Å². The van der Waals surface area contributed by atoms with Gasteiger partial charge in [-0.25, -0.2) is 0 Å². The van der Waals surface area contributed by atoms with Gasteiger partial charge in [-0.1, -0.05) is 30.3 Å². The summed E-state index contributed by atoms with van der Waals surface area (Å²) in [7, 11) is 1.82. The van der Waals surface area contributed by atoms with Crippen LogP contribution in [0.5, 0.6) is 0 Å². The van der Waals surface area contributed by atoms with Crippen molar-refractivity contribution >= 4 is 24.2 Å². The number of rotatable bonds is 5. The first-order valence-electron chi connectivity index (χ1n) is 7.44. The van der Waals surface area contributed by atoms with Crippen LogP contribution in [-0.2, 0) is 16.0 Å².